The molecule has 0 amide bonds. The lowest BCUT2D eigenvalue weighted by molar-refractivity contribution is -0.135. The maximum atomic E-state index is 14.1. The molecule has 2 aromatic carbocycles. The van der Waals surface area contributed by atoms with Gasteiger partial charge in [0.2, 0.25) is 0 Å². The summed E-state index contributed by atoms with van der Waals surface area (Å²) in [6.07, 6.45) is 9.67. The highest BCUT2D eigenvalue weighted by atomic mass is 16.5. The molecule has 2 N–H and O–H groups in total. The first-order valence-corrected chi connectivity index (χ1v) is 16.1. The molecule has 6 aliphatic rings. The van der Waals surface area contributed by atoms with Gasteiger partial charge in [-0.3, -0.25) is 0 Å². The van der Waals surface area contributed by atoms with Crippen molar-refractivity contribution in [2.45, 2.75) is 58.8 Å². The second-order valence-electron chi connectivity index (χ2n) is 13.3. The fourth-order valence-corrected chi connectivity index (χ4v) is 8.75. The van der Waals surface area contributed by atoms with Gasteiger partial charge in [0.25, 0.3) is 0 Å². The lowest BCUT2D eigenvalue weighted by Crippen LogP contribution is -2.52. The van der Waals surface area contributed by atoms with Gasteiger partial charge < -0.3 is 19.7 Å². The zero-order valence-corrected chi connectivity index (χ0v) is 25.4. The summed E-state index contributed by atoms with van der Waals surface area (Å²) in [5.41, 5.74) is 4.62. The Morgan fingerprint density at radius 3 is 2.59 bits per heavy atom. The predicted molar refractivity (Wildman–Crippen MR) is 167 cm³/mol. The molecular formula is C38H40O6. The molecule has 0 radical (unpaired) electrons. The molecule has 228 valence electrons. The number of hydrogen-bond donors (Lipinski definition) is 2. The van der Waals surface area contributed by atoms with Crippen molar-refractivity contribution in [1.82, 2.24) is 0 Å². The van der Waals surface area contributed by atoms with E-state index in [1.54, 1.807) is 12.1 Å². The average molecular weight is 593 g/mol. The molecule has 8 rings (SSSR count). The standard InChI is InChI=1S/C38H40O6/c1-3-23(18-24-8-5-4-6-9-24)19-31-38-17-16-27(32(35(38)37(42)44-31)25-10-7-11-26(40)20-25)28-13-14-29-30(15-12-22(2)21-39)43-36(41)33(29)34(28)38/h4-11,15,19-20,22-23,27-28,34,39-40H,3,12-14,16-18,21H2,1-2H3/b30-15?,31-19-/t22-,23-,27+,28-,34+,38+/m0/s1. The third-order valence-electron chi connectivity index (χ3n) is 10.8. The number of carbonyl (C=O) groups excluding carboxylic acids is 2. The SMILES string of the molecule is CC[C@H](/C=C1\OC(=O)C2=C(c3cccc(O)c3)[C@@H]3CC[C@@]21[C@H]1C2=C(CC[C@@H]31)C(=CC[C@H](C)CO)OC2=O)Cc1ccccc1. The number of phenolic OH excluding ortho intramolecular Hbond substituents is 1. The van der Waals surface area contributed by atoms with E-state index in [9.17, 15) is 19.8 Å². The number of phenols is 1. The van der Waals surface area contributed by atoms with E-state index in [-0.39, 0.29) is 53.9 Å². The summed E-state index contributed by atoms with van der Waals surface area (Å²) in [5.74, 6) is 1.02. The molecule has 0 unspecified atom stereocenters. The van der Waals surface area contributed by atoms with Crippen LogP contribution in [0.2, 0.25) is 0 Å². The fourth-order valence-electron chi connectivity index (χ4n) is 8.75. The molecule has 0 aromatic heterocycles. The second kappa shape index (κ2) is 11.2. The van der Waals surface area contributed by atoms with E-state index < -0.39 is 5.41 Å². The average Bonchev–Trinajstić information content (AvgIpc) is 3.52. The van der Waals surface area contributed by atoms with Crippen molar-refractivity contribution < 1.29 is 29.3 Å². The first-order valence-electron chi connectivity index (χ1n) is 16.1. The topological polar surface area (TPSA) is 93.1 Å². The zero-order chi connectivity index (χ0) is 30.6. The summed E-state index contributed by atoms with van der Waals surface area (Å²) < 4.78 is 12.3. The summed E-state index contributed by atoms with van der Waals surface area (Å²) in [6.45, 7) is 4.20. The molecule has 44 heavy (non-hydrogen) atoms. The summed E-state index contributed by atoms with van der Waals surface area (Å²) in [7, 11) is 0. The number of fused-ring (bicyclic) bond motifs is 1. The molecule has 2 aliphatic heterocycles. The second-order valence-corrected chi connectivity index (χ2v) is 13.3. The van der Waals surface area contributed by atoms with Crippen LogP contribution in [-0.2, 0) is 25.5 Å². The minimum Gasteiger partial charge on any atom is -0.508 e. The van der Waals surface area contributed by atoms with E-state index in [0.29, 0.717) is 29.1 Å². The van der Waals surface area contributed by atoms with Crippen molar-refractivity contribution in [1.29, 1.82) is 0 Å². The highest BCUT2D eigenvalue weighted by molar-refractivity contribution is 6.06. The Labute approximate surface area is 258 Å². The normalized spacial score (nSPS) is 30.3. The first kappa shape index (κ1) is 28.8. The van der Waals surface area contributed by atoms with Crippen LogP contribution >= 0.6 is 0 Å². The van der Waals surface area contributed by atoms with E-state index in [2.05, 4.69) is 25.1 Å². The molecule has 6 atom stereocenters. The third-order valence-corrected chi connectivity index (χ3v) is 10.8. The Kier molecular flexibility index (Phi) is 7.36. The number of cyclic esters (lactones) is 2. The highest BCUT2D eigenvalue weighted by Crippen LogP contribution is 2.71. The minimum absolute atomic E-state index is 0.0665. The van der Waals surface area contributed by atoms with Gasteiger partial charge in [-0.2, -0.15) is 0 Å². The smallest absolute Gasteiger partial charge is 0.340 e. The van der Waals surface area contributed by atoms with Crippen molar-refractivity contribution in [3.8, 4) is 5.75 Å². The molecule has 1 spiro atoms. The molecule has 2 bridgehead atoms. The van der Waals surface area contributed by atoms with Crippen LogP contribution in [0.15, 0.2) is 95.0 Å². The van der Waals surface area contributed by atoms with E-state index in [1.165, 1.54) is 5.56 Å². The zero-order valence-electron chi connectivity index (χ0n) is 25.4. The molecule has 2 heterocycles. The van der Waals surface area contributed by atoms with E-state index in [0.717, 1.165) is 55.2 Å². The van der Waals surface area contributed by atoms with Crippen molar-refractivity contribution in [3.05, 3.63) is 106 Å². The van der Waals surface area contributed by atoms with Crippen molar-refractivity contribution in [2.75, 3.05) is 6.61 Å². The maximum Gasteiger partial charge on any atom is 0.340 e. The Morgan fingerprint density at radius 2 is 1.84 bits per heavy atom. The fraction of sp³-hybridized carbons (Fsp3) is 0.421. The van der Waals surface area contributed by atoms with Gasteiger partial charge in [0.15, 0.2) is 0 Å². The van der Waals surface area contributed by atoms with Gasteiger partial charge >= 0.3 is 11.9 Å². The first-order chi connectivity index (χ1) is 21.3. The van der Waals surface area contributed by atoms with Gasteiger partial charge in [-0.05, 0) is 110 Å². The van der Waals surface area contributed by atoms with Crippen LogP contribution in [0.5, 0.6) is 5.75 Å². The lowest BCUT2D eigenvalue weighted by Gasteiger charge is -2.56. The van der Waals surface area contributed by atoms with Crippen LogP contribution in [0, 0.1) is 35.0 Å². The van der Waals surface area contributed by atoms with Gasteiger partial charge in [-0.1, -0.05) is 56.3 Å². The van der Waals surface area contributed by atoms with Gasteiger partial charge in [0.05, 0.1) is 11.0 Å². The number of rotatable bonds is 8. The number of benzene rings is 2. The summed E-state index contributed by atoms with van der Waals surface area (Å²) >= 11 is 0. The molecular weight excluding hydrogens is 552 g/mol. The number of esters is 2. The van der Waals surface area contributed by atoms with Crippen LogP contribution in [0.1, 0.15) is 63.5 Å². The van der Waals surface area contributed by atoms with Crippen LogP contribution in [-0.4, -0.2) is 28.8 Å². The Morgan fingerprint density at radius 1 is 1.02 bits per heavy atom. The highest BCUT2D eigenvalue weighted by Gasteiger charge is 2.68. The van der Waals surface area contributed by atoms with Crippen molar-refractivity contribution >= 4 is 17.5 Å². The predicted octanol–water partition coefficient (Wildman–Crippen LogP) is 7.05. The monoisotopic (exact) mass is 592 g/mol. The quantitative estimate of drug-likeness (QED) is 0.319. The van der Waals surface area contributed by atoms with Gasteiger partial charge in [-0.15, -0.1) is 0 Å². The third kappa shape index (κ3) is 4.49. The van der Waals surface area contributed by atoms with Crippen molar-refractivity contribution in [3.63, 3.8) is 0 Å². The number of hydrogen-bond acceptors (Lipinski definition) is 6. The Hall–Kier alpha value is -3.90. The number of aromatic hydroxyl groups is 1. The largest absolute Gasteiger partial charge is 0.508 e. The van der Waals surface area contributed by atoms with Crippen LogP contribution in [0.25, 0.3) is 5.57 Å². The van der Waals surface area contributed by atoms with E-state index in [1.807, 2.05) is 43.3 Å². The van der Waals surface area contributed by atoms with Gasteiger partial charge in [0, 0.05) is 23.7 Å². The number of carbonyl (C=O) groups is 2. The summed E-state index contributed by atoms with van der Waals surface area (Å²) in [4.78, 5) is 27.9. The summed E-state index contributed by atoms with van der Waals surface area (Å²) in [6, 6.07) is 17.6. The number of aliphatic hydroxyl groups is 1. The Bertz CT molecular complexity index is 1630. The molecule has 6 heteroatoms. The lowest BCUT2D eigenvalue weighted by atomic mass is 9.44. The number of aliphatic hydroxyl groups excluding tert-OH is 1. The van der Waals surface area contributed by atoms with Crippen LogP contribution < -0.4 is 0 Å². The maximum absolute atomic E-state index is 14.1. The minimum atomic E-state index is -0.769. The Balaban J connectivity index is 1.41. The van der Waals surface area contributed by atoms with Gasteiger partial charge in [0.1, 0.15) is 17.3 Å². The summed E-state index contributed by atoms with van der Waals surface area (Å²) in [5, 5.41) is 20.0. The number of ether oxygens (including phenoxy) is 2. The van der Waals surface area contributed by atoms with E-state index in [4.69, 9.17) is 9.47 Å². The van der Waals surface area contributed by atoms with Crippen molar-refractivity contribution in [2.24, 2.45) is 35.0 Å². The molecule has 2 aromatic rings. The molecule has 1 saturated carbocycles. The number of allylic oxidation sites excluding steroid dienone is 5. The molecule has 2 fully saturated rings. The molecule has 4 aliphatic carbocycles. The van der Waals surface area contributed by atoms with Gasteiger partial charge in [-0.25, -0.2) is 9.59 Å². The van der Waals surface area contributed by atoms with Crippen LogP contribution in [0.3, 0.4) is 0 Å². The van der Waals surface area contributed by atoms with Crippen LogP contribution in [0.4, 0.5) is 0 Å². The van der Waals surface area contributed by atoms with E-state index >= 15 is 0 Å². The molecule has 1 saturated heterocycles. The molecule has 6 nitrogen and oxygen atoms in total.